The van der Waals surface area contributed by atoms with E-state index in [0.717, 1.165) is 59.0 Å². The van der Waals surface area contributed by atoms with E-state index in [4.69, 9.17) is 9.72 Å². The lowest BCUT2D eigenvalue weighted by Gasteiger charge is -2.20. The van der Waals surface area contributed by atoms with Crippen molar-refractivity contribution in [2.45, 2.75) is 39.5 Å². The number of carbonyl (C=O) groups is 2. The number of aromatic nitrogens is 1. The van der Waals surface area contributed by atoms with Gasteiger partial charge in [0.15, 0.2) is 0 Å². The van der Waals surface area contributed by atoms with Gasteiger partial charge >= 0.3 is 5.97 Å². The lowest BCUT2D eigenvalue weighted by molar-refractivity contribution is 0.0601. The summed E-state index contributed by atoms with van der Waals surface area (Å²) in [6.45, 7) is 4.24. The van der Waals surface area contributed by atoms with E-state index in [-0.39, 0.29) is 5.91 Å². The van der Waals surface area contributed by atoms with Gasteiger partial charge < -0.3 is 10.1 Å². The van der Waals surface area contributed by atoms with Crippen LogP contribution in [0.1, 0.15) is 56.5 Å². The number of benzene rings is 2. The summed E-state index contributed by atoms with van der Waals surface area (Å²) in [6.07, 6.45) is 3.93. The molecule has 6 heteroatoms. The number of pyridine rings is 1. The van der Waals surface area contributed by atoms with Crippen molar-refractivity contribution in [3.05, 3.63) is 81.7 Å². The molecule has 35 heavy (non-hydrogen) atoms. The van der Waals surface area contributed by atoms with Crippen molar-refractivity contribution >= 4 is 39.1 Å². The van der Waals surface area contributed by atoms with Crippen LogP contribution in [0, 0.1) is 12.8 Å². The van der Waals surface area contributed by atoms with Gasteiger partial charge in [0.1, 0.15) is 5.00 Å². The smallest absolute Gasteiger partial charge is 0.341 e. The van der Waals surface area contributed by atoms with Gasteiger partial charge in [-0.1, -0.05) is 55.3 Å². The van der Waals surface area contributed by atoms with Gasteiger partial charge in [-0.05, 0) is 55.9 Å². The fraction of sp³-hybridized carbons (Fsp3) is 0.276. The third kappa shape index (κ3) is 4.46. The number of fused-ring (bicyclic) bond motifs is 2. The number of nitrogens with one attached hydrogen (secondary N) is 1. The summed E-state index contributed by atoms with van der Waals surface area (Å²) < 4.78 is 5.11. The van der Waals surface area contributed by atoms with E-state index in [2.05, 4.69) is 18.3 Å². The van der Waals surface area contributed by atoms with Gasteiger partial charge in [-0.15, -0.1) is 11.3 Å². The van der Waals surface area contributed by atoms with Crippen LogP contribution in [0.5, 0.6) is 0 Å². The number of esters is 1. The first-order chi connectivity index (χ1) is 17.0. The Kier molecular flexibility index (Phi) is 6.39. The highest BCUT2D eigenvalue weighted by atomic mass is 32.1. The topological polar surface area (TPSA) is 68.3 Å². The highest BCUT2D eigenvalue weighted by Crippen LogP contribution is 2.41. The Morgan fingerprint density at radius 3 is 2.74 bits per heavy atom. The number of aryl methyl sites for hydroxylation is 1. The van der Waals surface area contributed by atoms with Crippen LogP contribution < -0.4 is 5.32 Å². The number of carbonyl (C=O) groups excluding carboxylic acids is 2. The normalized spacial score (nSPS) is 15.0. The molecule has 5 nitrogen and oxygen atoms in total. The van der Waals surface area contributed by atoms with Crippen LogP contribution in [-0.4, -0.2) is 24.0 Å². The van der Waals surface area contributed by atoms with Gasteiger partial charge in [-0.25, -0.2) is 9.78 Å². The first-order valence-electron chi connectivity index (χ1n) is 12.0. The van der Waals surface area contributed by atoms with Crippen molar-refractivity contribution in [3.63, 3.8) is 0 Å². The molecule has 1 atom stereocenters. The van der Waals surface area contributed by atoms with Crippen molar-refractivity contribution in [1.82, 2.24) is 4.98 Å². The summed E-state index contributed by atoms with van der Waals surface area (Å²) in [5.41, 5.74) is 5.64. The molecule has 1 N–H and O–H groups in total. The number of methoxy groups -OCH3 is 1. The molecule has 1 amide bonds. The van der Waals surface area contributed by atoms with Gasteiger partial charge in [-0.3, -0.25) is 4.79 Å². The van der Waals surface area contributed by atoms with E-state index in [1.54, 1.807) is 0 Å². The van der Waals surface area contributed by atoms with Crippen LogP contribution in [0.2, 0.25) is 0 Å². The summed E-state index contributed by atoms with van der Waals surface area (Å²) in [5, 5.41) is 4.41. The first-order valence-corrected chi connectivity index (χ1v) is 12.8. The predicted molar refractivity (Wildman–Crippen MR) is 141 cm³/mol. The number of hydrogen-bond donors (Lipinski definition) is 1. The van der Waals surface area contributed by atoms with E-state index in [0.29, 0.717) is 22.0 Å². The molecule has 0 saturated heterocycles. The first kappa shape index (κ1) is 23.2. The Hall–Kier alpha value is -3.51. The maximum atomic E-state index is 13.7. The molecule has 1 aliphatic rings. The summed E-state index contributed by atoms with van der Waals surface area (Å²) in [6, 6.07) is 17.6. The van der Waals surface area contributed by atoms with E-state index >= 15 is 0 Å². The molecule has 0 saturated carbocycles. The van der Waals surface area contributed by atoms with Gasteiger partial charge in [0.05, 0.1) is 29.4 Å². The Morgan fingerprint density at radius 2 is 1.97 bits per heavy atom. The van der Waals surface area contributed by atoms with Crippen molar-refractivity contribution < 1.29 is 14.3 Å². The highest BCUT2D eigenvalue weighted by molar-refractivity contribution is 7.17. The highest BCUT2D eigenvalue weighted by Gasteiger charge is 2.30. The number of rotatable bonds is 5. The van der Waals surface area contributed by atoms with Crippen LogP contribution in [0.15, 0.2) is 54.6 Å². The zero-order valence-corrected chi connectivity index (χ0v) is 21.0. The maximum Gasteiger partial charge on any atom is 0.341 e. The average Bonchev–Trinajstić information content (AvgIpc) is 3.24. The van der Waals surface area contributed by atoms with Gasteiger partial charge in [0, 0.05) is 15.8 Å². The lowest BCUT2D eigenvalue weighted by Crippen LogP contribution is -2.17. The molecule has 2 aromatic carbocycles. The number of amides is 1. The Balaban J connectivity index is 1.58. The van der Waals surface area contributed by atoms with E-state index in [9.17, 15) is 9.59 Å². The fourth-order valence-electron chi connectivity index (χ4n) is 4.89. The number of para-hydroxylation sites is 1. The second-order valence-electron chi connectivity index (χ2n) is 9.11. The second kappa shape index (κ2) is 9.62. The van der Waals surface area contributed by atoms with Crippen LogP contribution in [0.25, 0.3) is 22.2 Å². The minimum absolute atomic E-state index is 0.256. The average molecular weight is 485 g/mol. The summed E-state index contributed by atoms with van der Waals surface area (Å²) in [4.78, 5) is 32.4. The maximum absolute atomic E-state index is 13.7. The molecule has 0 aliphatic heterocycles. The molecule has 5 rings (SSSR count). The fourth-order valence-corrected chi connectivity index (χ4v) is 6.24. The number of ether oxygens (including phenoxy) is 1. The molecule has 178 valence electrons. The monoisotopic (exact) mass is 484 g/mol. The van der Waals surface area contributed by atoms with E-state index < -0.39 is 5.97 Å². The summed E-state index contributed by atoms with van der Waals surface area (Å²) in [5.74, 6) is -0.0442. The van der Waals surface area contributed by atoms with Crippen molar-refractivity contribution in [2.24, 2.45) is 5.92 Å². The molecule has 4 aromatic rings. The van der Waals surface area contributed by atoms with Gasteiger partial charge in [-0.2, -0.15) is 0 Å². The molecule has 0 spiro atoms. The number of hydrogen-bond acceptors (Lipinski definition) is 5. The van der Waals surface area contributed by atoms with Crippen LogP contribution in [0.3, 0.4) is 0 Å². The molecular weight excluding hydrogens is 456 g/mol. The molecular formula is C29H28N2O3S. The van der Waals surface area contributed by atoms with Crippen molar-refractivity contribution in [1.29, 1.82) is 0 Å². The number of thiophene rings is 1. The van der Waals surface area contributed by atoms with E-state index in [1.165, 1.54) is 23.3 Å². The predicted octanol–water partition coefficient (Wildman–Crippen LogP) is 6.83. The lowest BCUT2D eigenvalue weighted by atomic mass is 9.85. The molecule has 0 radical (unpaired) electrons. The second-order valence-corrected chi connectivity index (χ2v) is 10.2. The van der Waals surface area contributed by atoms with Crippen LogP contribution in [0.4, 0.5) is 5.00 Å². The summed E-state index contributed by atoms with van der Waals surface area (Å²) in [7, 11) is 1.39. The molecule has 1 aliphatic carbocycles. The number of anilines is 1. The third-order valence-electron chi connectivity index (χ3n) is 6.84. The van der Waals surface area contributed by atoms with Crippen LogP contribution >= 0.6 is 11.3 Å². The van der Waals surface area contributed by atoms with Gasteiger partial charge in [0.2, 0.25) is 0 Å². The Bertz CT molecular complexity index is 1440. The van der Waals surface area contributed by atoms with Crippen LogP contribution in [-0.2, 0) is 17.6 Å². The minimum atomic E-state index is -0.396. The molecule has 0 unspecified atom stereocenters. The molecule has 2 aromatic heterocycles. The Labute approximate surface area is 209 Å². The standard InChI is InChI=1S/C29H28N2O3S/c1-4-18-12-13-21-25(15-18)35-28(26(21)29(33)34-3)31-27(32)22-16-24(19-9-7-8-17(2)14-19)30-23-11-6-5-10-20(22)23/h5-11,14,16,18H,4,12-13,15H2,1-3H3,(H,31,32)/t18-/m0/s1. The molecule has 0 bridgehead atoms. The minimum Gasteiger partial charge on any atom is -0.465 e. The quantitative estimate of drug-likeness (QED) is 0.315. The zero-order valence-electron chi connectivity index (χ0n) is 20.2. The van der Waals surface area contributed by atoms with Gasteiger partial charge in [0.25, 0.3) is 5.91 Å². The zero-order chi connectivity index (χ0) is 24.5. The van der Waals surface area contributed by atoms with Crippen molar-refractivity contribution in [3.8, 4) is 11.3 Å². The largest absolute Gasteiger partial charge is 0.465 e. The SMILES string of the molecule is CC[C@H]1CCc2c(sc(NC(=O)c3cc(-c4cccc(C)c4)nc4ccccc34)c2C(=O)OC)C1. The molecule has 2 heterocycles. The Morgan fingerprint density at radius 1 is 1.14 bits per heavy atom. The van der Waals surface area contributed by atoms with Crippen molar-refractivity contribution in [2.75, 3.05) is 12.4 Å². The third-order valence-corrected chi connectivity index (χ3v) is 8.01. The van der Waals surface area contributed by atoms with E-state index in [1.807, 2.05) is 55.5 Å². The molecule has 0 fully saturated rings. The summed E-state index contributed by atoms with van der Waals surface area (Å²) >= 11 is 1.51. The number of nitrogens with zero attached hydrogens (tertiary/aromatic N) is 1.